The van der Waals surface area contributed by atoms with Gasteiger partial charge in [-0.2, -0.15) is 0 Å². The molecule has 0 aliphatic heterocycles. The molecule has 3 heteroatoms. The lowest BCUT2D eigenvalue weighted by molar-refractivity contribution is 0.103. The van der Waals surface area contributed by atoms with Gasteiger partial charge in [-0.05, 0) is 37.1 Å². The Bertz CT molecular complexity index is 433. The van der Waals surface area contributed by atoms with E-state index in [4.69, 9.17) is 9.47 Å². The van der Waals surface area contributed by atoms with E-state index in [1.165, 1.54) is 7.11 Å². The number of methoxy groups -OCH3 is 2. The average Bonchev–Trinajstić information content (AvgIpc) is 2.27. The fourth-order valence-electron chi connectivity index (χ4n) is 1.46. The number of benzene rings is 1. The molecule has 0 saturated carbocycles. The first kappa shape index (κ1) is 12.3. The van der Waals surface area contributed by atoms with Gasteiger partial charge < -0.3 is 9.47 Å². The molecule has 0 aliphatic rings. The fraction of sp³-hybridized carbons (Fsp3) is 0.308. The Morgan fingerprint density at radius 1 is 1.19 bits per heavy atom. The summed E-state index contributed by atoms with van der Waals surface area (Å²) >= 11 is 0. The molecule has 1 aromatic rings. The highest BCUT2D eigenvalue weighted by molar-refractivity contribution is 6.10. The first-order chi connectivity index (χ1) is 7.51. The second kappa shape index (κ2) is 4.84. The third-order valence-corrected chi connectivity index (χ3v) is 2.35. The second-order valence-electron chi connectivity index (χ2n) is 3.63. The molecule has 0 saturated heterocycles. The van der Waals surface area contributed by atoms with Crippen LogP contribution in [0.25, 0.3) is 0 Å². The molecule has 0 unspecified atom stereocenters. The quantitative estimate of drug-likeness (QED) is 0.578. The number of ketones is 1. The topological polar surface area (TPSA) is 35.5 Å². The number of carbonyl (C=O) groups is 1. The summed E-state index contributed by atoms with van der Waals surface area (Å²) in [5, 5.41) is 0. The van der Waals surface area contributed by atoms with Crippen LogP contribution < -0.4 is 9.47 Å². The third kappa shape index (κ3) is 2.24. The van der Waals surface area contributed by atoms with Gasteiger partial charge in [-0.25, -0.2) is 0 Å². The zero-order chi connectivity index (χ0) is 12.3. The number of carbonyl (C=O) groups excluding carboxylic acids is 1. The van der Waals surface area contributed by atoms with Crippen LogP contribution in [-0.2, 0) is 0 Å². The molecule has 0 radical (unpaired) electrons. The molecule has 0 spiro atoms. The van der Waals surface area contributed by atoms with Crippen LogP contribution in [0.2, 0.25) is 0 Å². The summed E-state index contributed by atoms with van der Waals surface area (Å²) < 4.78 is 10.4. The van der Waals surface area contributed by atoms with Crippen molar-refractivity contribution in [3.8, 4) is 11.5 Å². The van der Waals surface area contributed by atoms with Crippen molar-refractivity contribution < 1.29 is 14.3 Å². The summed E-state index contributed by atoms with van der Waals surface area (Å²) in [5.74, 6) is 1.09. The Balaban J connectivity index is 3.35. The predicted octanol–water partition coefficient (Wildman–Crippen LogP) is 2.77. The number of allylic oxidation sites excluding steroid dienone is 1. The summed E-state index contributed by atoms with van der Waals surface area (Å²) in [7, 11) is 3.11. The molecule has 0 N–H and O–H groups in total. The molecule has 0 aromatic heterocycles. The van der Waals surface area contributed by atoms with Gasteiger partial charge in [0.15, 0.2) is 5.78 Å². The summed E-state index contributed by atoms with van der Waals surface area (Å²) in [5.41, 5.74) is 1.89. The molecular formula is C13H16O3. The Morgan fingerprint density at radius 3 is 2.19 bits per heavy atom. The standard InChI is InChI=1S/C13H16O3/c1-8(2)13(14)10-7-11(15-4)9(3)6-12(10)16-5/h6-7H,1H2,2-5H3. The lowest BCUT2D eigenvalue weighted by Gasteiger charge is -2.12. The van der Waals surface area contributed by atoms with Crippen LogP contribution in [0.1, 0.15) is 22.8 Å². The minimum absolute atomic E-state index is 0.129. The Kier molecular flexibility index (Phi) is 3.72. The zero-order valence-corrected chi connectivity index (χ0v) is 10.1. The SMILES string of the molecule is C=C(C)C(=O)c1cc(OC)c(C)cc1OC. The highest BCUT2D eigenvalue weighted by Gasteiger charge is 2.15. The van der Waals surface area contributed by atoms with E-state index in [2.05, 4.69) is 6.58 Å². The van der Waals surface area contributed by atoms with Crippen LogP contribution >= 0.6 is 0 Å². The molecule has 0 amide bonds. The molecule has 86 valence electrons. The number of hydrogen-bond acceptors (Lipinski definition) is 3. The fourth-order valence-corrected chi connectivity index (χ4v) is 1.46. The Labute approximate surface area is 95.7 Å². The third-order valence-electron chi connectivity index (χ3n) is 2.35. The van der Waals surface area contributed by atoms with E-state index in [0.717, 1.165) is 5.56 Å². The van der Waals surface area contributed by atoms with Crippen LogP contribution in [0.3, 0.4) is 0 Å². The molecule has 0 heterocycles. The number of rotatable bonds is 4. The van der Waals surface area contributed by atoms with Crippen molar-refractivity contribution >= 4 is 5.78 Å². The van der Waals surface area contributed by atoms with Crippen molar-refractivity contribution in [2.24, 2.45) is 0 Å². The van der Waals surface area contributed by atoms with E-state index in [1.54, 1.807) is 26.2 Å². The highest BCUT2D eigenvalue weighted by Crippen LogP contribution is 2.29. The van der Waals surface area contributed by atoms with Crippen molar-refractivity contribution in [2.45, 2.75) is 13.8 Å². The van der Waals surface area contributed by atoms with Gasteiger partial charge in [0, 0.05) is 0 Å². The lowest BCUT2D eigenvalue weighted by atomic mass is 10.0. The highest BCUT2D eigenvalue weighted by atomic mass is 16.5. The maximum atomic E-state index is 11.9. The number of Topliss-reactive ketones (excluding diaryl/α,β-unsaturated/α-hetero) is 1. The maximum Gasteiger partial charge on any atom is 0.191 e. The number of aryl methyl sites for hydroxylation is 1. The largest absolute Gasteiger partial charge is 0.496 e. The minimum atomic E-state index is -0.129. The van der Waals surface area contributed by atoms with E-state index >= 15 is 0 Å². The van der Waals surface area contributed by atoms with Crippen molar-refractivity contribution in [1.82, 2.24) is 0 Å². The smallest absolute Gasteiger partial charge is 0.191 e. The number of ether oxygens (including phenoxy) is 2. The van der Waals surface area contributed by atoms with E-state index in [-0.39, 0.29) is 5.78 Å². The molecule has 1 rings (SSSR count). The average molecular weight is 220 g/mol. The summed E-state index contributed by atoms with van der Waals surface area (Å²) in [4.78, 5) is 11.9. The van der Waals surface area contributed by atoms with Crippen LogP contribution in [-0.4, -0.2) is 20.0 Å². The van der Waals surface area contributed by atoms with Gasteiger partial charge in [0.1, 0.15) is 11.5 Å². The summed E-state index contributed by atoms with van der Waals surface area (Å²) in [6.45, 7) is 7.21. The monoisotopic (exact) mass is 220 g/mol. The first-order valence-electron chi connectivity index (χ1n) is 4.94. The van der Waals surface area contributed by atoms with Gasteiger partial charge in [0.25, 0.3) is 0 Å². The van der Waals surface area contributed by atoms with Crippen LogP contribution in [0, 0.1) is 6.92 Å². The van der Waals surface area contributed by atoms with E-state index in [9.17, 15) is 4.79 Å². The van der Waals surface area contributed by atoms with Crippen molar-refractivity contribution in [2.75, 3.05) is 14.2 Å². The van der Waals surface area contributed by atoms with E-state index in [1.807, 2.05) is 6.92 Å². The van der Waals surface area contributed by atoms with Gasteiger partial charge in [-0.3, -0.25) is 4.79 Å². The van der Waals surface area contributed by atoms with Crippen LogP contribution in [0.15, 0.2) is 24.3 Å². The maximum absolute atomic E-state index is 11.9. The molecule has 3 nitrogen and oxygen atoms in total. The molecule has 1 aromatic carbocycles. The van der Waals surface area contributed by atoms with E-state index < -0.39 is 0 Å². The van der Waals surface area contributed by atoms with Gasteiger partial charge in [-0.1, -0.05) is 6.58 Å². The minimum Gasteiger partial charge on any atom is -0.496 e. The normalized spacial score (nSPS) is 9.75. The van der Waals surface area contributed by atoms with Crippen molar-refractivity contribution in [3.63, 3.8) is 0 Å². The van der Waals surface area contributed by atoms with Gasteiger partial charge in [0.2, 0.25) is 0 Å². The molecule has 16 heavy (non-hydrogen) atoms. The Hall–Kier alpha value is -1.77. The van der Waals surface area contributed by atoms with Crippen LogP contribution in [0.5, 0.6) is 11.5 Å². The number of hydrogen-bond donors (Lipinski definition) is 0. The second-order valence-corrected chi connectivity index (χ2v) is 3.63. The van der Waals surface area contributed by atoms with E-state index in [0.29, 0.717) is 22.6 Å². The molecule has 0 bridgehead atoms. The van der Waals surface area contributed by atoms with Crippen LogP contribution in [0.4, 0.5) is 0 Å². The lowest BCUT2D eigenvalue weighted by Crippen LogP contribution is -2.04. The Morgan fingerprint density at radius 2 is 1.75 bits per heavy atom. The summed E-state index contributed by atoms with van der Waals surface area (Å²) in [6.07, 6.45) is 0. The van der Waals surface area contributed by atoms with Gasteiger partial charge in [0.05, 0.1) is 19.8 Å². The van der Waals surface area contributed by atoms with Gasteiger partial charge in [-0.15, -0.1) is 0 Å². The predicted molar refractivity (Wildman–Crippen MR) is 63.4 cm³/mol. The molecule has 0 aliphatic carbocycles. The molecule has 0 fully saturated rings. The first-order valence-corrected chi connectivity index (χ1v) is 4.94. The van der Waals surface area contributed by atoms with Crippen molar-refractivity contribution in [3.05, 3.63) is 35.4 Å². The van der Waals surface area contributed by atoms with Gasteiger partial charge >= 0.3 is 0 Å². The van der Waals surface area contributed by atoms with Crippen molar-refractivity contribution in [1.29, 1.82) is 0 Å². The molecular weight excluding hydrogens is 204 g/mol. The zero-order valence-electron chi connectivity index (χ0n) is 10.1. The summed E-state index contributed by atoms with van der Waals surface area (Å²) in [6, 6.07) is 3.47. The molecule has 0 atom stereocenters.